The van der Waals surface area contributed by atoms with Crippen LogP contribution in [0.2, 0.25) is 0 Å². The van der Waals surface area contributed by atoms with Crippen LogP contribution in [0.1, 0.15) is 91.3 Å². The molecular weight excluding hydrogens is 737 g/mol. The number of halogens is 2. The Morgan fingerprint density at radius 1 is 1.05 bits per heavy atom. The molecule has 0 saturated carbocycles. The molecule has 296 valence electrons. The number of aryl methyl sites for hydroxylation is 3. The van der Waals surface area contributed by atoms with Gasteiger partial charge in [0.15, 0.2) is 5.65 Å². The van der Waals surface area contributed by atoms with Crippen LogP contribution >= 0.6 is 0 Å². The van der Waals surface area contributed by atoms with Gasteiger partial charge in [-0.15, -0.1) is 10.2 Å². The van der Waals surface area contributed by atoms with Gasteiger partial charge in [-0.05, 0) is 95.4 Å². The number of carboxylic acid groups (broad SMARTS) is 1. The number of hydrogen-bond donors (Lipinski definition) is 1. The smallest absolute Gasteiger partial charge is 0.310 e. The van der Waals surface area contributed by atoms with Gasteiger partial charge in [0.2, 0.25) is 27.6 Å². The molecule has 55 heavy (non-hydrogen) atoms. The molecule has 1 atom stereocenters. The molecule has 3 aliphatic rings. The van der Waals surface area contributed by atoms with Crippen molar-refractivity contribution >= 4 is 21.6 Å². The number of nitrogens with zero attached hydrogens (tertiary/aromatic N) is 7. The SMILES string of the molecule is Cc1ccc(C(c2ccn3c(C(F)F)nnc3c2C)C(C)(C)C(=O)O)nc1CN1CC2(CCOCC2)Oc2nc(OCCN3CCCC3)c(C)cc2S1(=O)=O. The first-order valence-corrected chi connectivity index (χ1v) is 20.0. The fourth-order valence-electron chi connectivity index (χ4n) is 7.86. The molecular formula is C38H47F2N7O7S. The highest BCUT2D eigenvalue weighted by atomic mass is 32.2. The molecule has 17 heteroatoms. The monoisotopic (exact) mass is 783 g/mol. The number of hydrogen-bond acceptors (Lipinski definition) is 11. The van der Waals surface area contributed by atoms with Crippen LogP contribution < -0.4 is 9.47 Å². The van der Waals surface area contributed by atoms with E-state index in [-0.39, 0.29) is 29.5 Å². The van der Waals surface area contributed by atoms with E-state index in [2.05, 4.69) is 20.1 Å². The van der Waals surface area contributed by atoms with Gasteiger partial charge in [0.05, 0.1) is 37.4 Å². The minimum Gasteiger partial charge on any atom is -0.481 e. The molecule has 4 aromatic rings. The van der Waals surface area contributed by atoms with Gasteiger partial charge in [-0.3, -0.25) is 19.1 Å². The van der Waals surface area contributed by atoms with Crippen molar-refractivity contribution in [3.63, 3.8) is 0 Å². The molecule has 1 N–H and O–H groups in total. The van der Waals surface area contributed by atoms with Crippen LogP contribution in [-0.4, -0.2) is 105 Å². The number of carbonyl (C=O) groups is 1. The Hall–Kier alpha value is -4.32. The fourth-order valence-corrected chi connectivity index (χ4v) is 9.47. The second-order valence-electron chi connectivity index (χ2n) is 15.4. The zero-order valence-corrected chi connectivity index (χ0v) is 32.5. The summed E-state index contributed by atoms with van der Waals surface area (Å²) in [5.41, 5.74) is 0.820. The van der Waals surface area contributed by atoms with Crippen LogP contribution in [0.25, 0.3) is 5.65 Å². The zero-order chi connectivity index (χ0) is 39.3. The molecule has 3 aliphatic heterocycles. The lowest BCUT2D eigenvalue weighted by Gasteiger charge is -2.38. The number of pyridine rings is 3. The number of fused-ring (bicyclic) bond motifs is 2. The summed E-state index contributed by atoms with van der Waals surface area (Å²) in [4.78, 5) is 24.8. The van der Waals surface area contributed by atoms with Crippen molar-refractivity contribution in [1.82, 2.24) is 33.8 Å². The number of ether oxygens (including phenoxy) is 3. The number of alkyl halides is 2. The lowest BCUT2D eigenvalue weighted by Crippen LogP contribution is -2.50. The van der Waals surface area contributed by atoms with Crippen molar-refractivity contribution in [3.8, 4) is 11.8 Å². The number of sulfonamides is 1. The Kier molecular flexibility index (Phi) is 10.6. The van der Waals surface area contributed by atoms with E-state index >= 15 is 0 Å². The van der Waals surface area contributed by atoms with Crippen LogP contribution in [0.15, 0.2) is 35.4 Å². The number of carboxylic acids is 1. The minimum atomic E-state index is -4.22. The fraction of sp³-hybridized carbons (Fsp3) is 0.553. The highest BCUT2D eigenvalue weighted by molar-refractivity contribution is 7.89. The molecule has 7 heterocycles. The Morgan fingerprint density at radius 3 is 2.47 bits per heavy atom. The predicted molar refractivity (Wildman–Crippen MR) is 196 cm³/mol. The van der Waals surface area contributed by atoms with E-state index < -0.39 is 45.2 Å². The van der Waals surface area contributed by atoms with Gasteiger partial charge in [0.25, 0.3) is 6.43 Å². The van der Waals surface area contributed by atoms with Gasteiger partial charge in [-0.2, -0.15) is 9.29 Å². The van der Waals surface area contributed by atoms with E-state index in [1.807, 2.05) is 6.92 Å². The molecule has 1 unspecified atom stereocenters. The van der Waals surface area contributed by atoms with Gasteiger partial charge in [-0.1, -0.05) is 6.07 Å². The minimum absolute atomic E-state index is 0.00374. The summed E-state index contributed by atoms with van der Waals surface area (Å²) in [5, 5.41) is 18.1. The first-order valence-electron chi connectivity index (χ1n) is 18.6. The van der Waals surface area contributed by atoms with E-state index in [1.165, 1.54) is 14.9 Å². The van der Waals surface area contributed by atoms with Crippen LogP contribution in [0.3, 0.4) is 0 Å². The maximum atomic E-state index is 14.7. The van der Waals surface area contributed by atoms with E-state index in [9.17, 15) is 27.1 Å². The maximum absolute atomic E-state index is 14.7. The predicted octanol–water partition coefficient (Wildman–Crippen LogP) is 5.23. The first kappa shape index (κ1) is 38.9. The third kappa shape index (κ3) is 7.38. The van der Waals surface area contributed by atoms with E-state index in [1.54, 1.807) is 52.0 Å². The molecule has 0 aliphatic carbocycles. The number of aromatic nitrogens is 5. The third-order valence-electron chi connectivity index (χ3n) is 11.3. The van der Waals surface area contributed by atoms with Crippen LogP contribution in [-0.2, 0) is 26.1 Å². The normalized spacial score (nSPS) is 19.3. The lowest BCUT2D eigenvalue weighted by molar-refractivity contribution is -0.147. The second kappa shape index (κ2) is 15.0. The molecule has 0 bridgehead atoms. The lowest BCUT2D eigenvalue weighted by atomic mass is 9.72. The largest absolute Gasteiger partial charge is 0.481 e. The Morgan fingerprint density at radius 2 is 1.78 bits per heavy atom. The quantitative estimate of drug-likeness (QED) is 0.211. The molecule has 1 spiro atoms. The highest BCUT2D eigenvalue weighted by Gasteiger charge is 2.47. The van der Waals surface area contributed by atoms with Crippen molar-refractivity contribution in [3.05, 3.63) is 69.9 Å². The van der Waals surface area contributed by atoms with Crippen LogP contribution in [0, 0.1) is 26.2 Å². The summed E-state index contributed by atoms with van der Waals surface area (Å²) in [5.74, 6) is -2.20. The molecule has 7 rings (SSSR count). The van der Waals surface area contributed by atoms with Gasteiger partial charge in [0, 0.05) is 42.8 Å². The molecule has 14 nitrogen and oxygen atoms in total. The highest BCUT2D eigenvalue weighted by Crippen LogP contribution is 2.44. The first-order chi connectivity index (χ1) is 26.1. The molecule has 0 amide bonds. The van der Waals surface area contributed by atoms with Crippen molar-refractivity contribution in [1.29, 1.82) is 0 Å². The van der Waals surface area contributed by atoms with E-state index in [0.29, 0.717) is 72.2 Å². The summed E-state index contributed by atoms with van der Waals surface area (Å²) in [6, 6.07) is 6.66. The average molecular weight is 784 g/mol. The summed E-state index contributed by atoms with van der Waals surface area (Å²) in [7, 11) is -4.22. The van der Waals surface area contributed by atoms with E-state index in [4.69, 9.17) is 19.2 Å². The summed E-state index contributed by atoms with van der Waals surface area (Å²) in [6.45, 7) is 12.2. The van der Waals surface area contributed by atoms with Crippen molar-refractivity contribution in [2.45, 2.75) is 89.7 Å². The standard InChI is InChI=1S/C38H47F2N7O7S/c1-23-8-9-27(30(37(4,5)36(48)49)26-10-15-47-32(25(26)3)43-44-33(47)31(39)40)41-28(23)21-46-22-38(11-17-52-18-12-38)54-35-29(55(46,50)51)20-24(2)34(42-35)53-19-16-45-13-6-7-14-45/h8-10,15,20,30-31H,6-7,11-14,16-19,21-22H2,1-5H3,(H,48,49). The van der Waals surface area contributed by atoms with Crippen molar-refractivity contribution in [2.75, 3.05) is 46.0 Å². The van der Waals surface area contributed by atoms with Gasteiger partial charge < -0.3 is 19.3 Å². The van der Waals surface area contributed by atoms with Crippen molar-refractivity contribution < 1.29 is 41.3 Å². The van der Waals surface area contributed by atoms with Crippen LogP contribution in [0.5, 0.6) is 11.8 Å². The summed E-state index contributed by atoms with van der Waals surface area (Å²) >= 11 is 0. The molecule has 4 aromatic heterocycles. The van der Waals surface area contributed by atoms with Gasteiger partial charge >= 0.3 is 5.97 Å². The molecule has 0 aromatic carbocycles. The van der Waals surface area contributed by atoms with E-state index in [0.717, 1.165) is 32.5 Å². The maximum Gasteiger partial charge on any atom is 0.310 e. The molecule has 2 saturated heterocycles. The van der Waals surface area contributed by atoms with Crippen molar-refractivity contribution in [2.24, 2.45) is 5.41 Å². The van der Waals surface area contributed by atoms with Crippen LogP contribution in [0.4, 0.5) is 8.78 Å². The Labute approximate surface area is 318 Å². The third-order valence-corrected chi connectivity index (χ3v) is 13.0. The summed E-state index contributed by atoms with van der Waals surface area (Å²) in [6.07, 6.45) is 1.73. The van der Waals surface area contributed by atoms with Gasteiger partial charge in [-0.25, -0.2) is 17.2 Å². The molecule has 2 fully saturated rings. The number of likely N-dealkylation sites (tertiary alicyclic amines) is 1. The number of aliphatic carboxylic acids is 1. The molecule has 0 radical (unpaired) electrons. The average Bonchev–Trinajstić information content (AvgIpc) is 3.81. The Balaban J connectivity index is 1.27. The summed E-state index contributed by atoms with van der Waals surface area (Å²) < 4.78 is 77.7. The second-order valence-corrected chi connectivity index (χ2v) is 17.3. The topological polar surface area (TPSA) is 162 Å². The zero-order valence-electron chi connectivity index (χ0n) is 31.7. The number of rotatable bonds is 11. The Bertz CT molecular complexity index is 2200. The van der Waals surface area contributed by atoms with Gasteiger partial charge in [0.1, 0.15) is 17.1 Å².